The number of hydrogen-bond acceptors (Lipinski definition) is 4. The largest absolute Gasteiger partial charge is 0.495 e. The van der Waals surface area contributed by atoms with Crippen molar-refractivity contribution in [3.63, 3.8) is 0 Å². The summed E-state index contributed by atoms with van der Waals surface area (Å²) in [6.07, 6.45) is 0. The number of carbonyl (C=O) groups is 1. The van der Waals surface area contributed by atoms with Crippen molar-refractivity contribution in [3.8, 4) is 11.4 Å². The fourth-order valence-electron chi connectivity index (χ4n) is 3.97. The van der Waals surface area contributed by atoms with Gasteiger partial charge in [-0.05, 0) is 62.4 Å². The molecule has 0 saturated carbocycles. The summed E-state index contributed by atoms with van der Waals surface area (Å²) in [6, 6.07) is 20.8. The molecule has 0 spiro atoms. The van der Waals surface area contributed by atoms with Crippen molar-refractivity contribution >= 4 is 28.4 Å². The number of methoxy groups -OCH3 is 1. The van der Waals surface area contributed by atoms with Crippen LogP contribution in [0.1, 0.15) is 36.1 Å². The molecule has 1 atom stereocenters. The van der Waals surface area contributed by atoms with Gasteiger partial charge in [0.25, 0.3) is 11.5 Å². The average molecular weight is 462 g/mol. The van der Waals surface area contributed by atoms with Gasteiger partial charge in [-0.2, -0.15) is 0 Å². The van der Waals surface area contributed by atoms with Crippen LogP contribution in [0.3, 0.4) is 0 Å². The van der Waals surface area contributed by atoms with Crippen LogP contribution in [0, 0.1) is 0 Å². The Morgan fingerprint density at radius 2 is 1.73 bits per heavy atom. The Balaban J connectivity index is 1.92. The van der Waals surface area contributed by atoms with Gasteiger partial charge in [0, 0.05) is 17.1 Å². The third kappa shape index (κ3) is 4.22. The van der Waals surface area contributed by atoms with Crippen molar-refractivity contribution in [3.05, 3.63) is 99.6 Å². The van der Waals surface area contributed by atoms with E-state index < -0.39 is 6.04 Å². The number of amides is 1. The smallest absolute Gasteiger partial charge is 0.266 e. The number of carbonyl (C=O) groups excluding carboxylic acids is 1. The van der Waals surface area contributed by atoms with Crippen molar-refractivity contribution in [2.45, 2.75) is 19.9 Å². The third-order valence-electron chi connectivity index (χ3n) is 5.66. The molecule has 0 fully saturated rings. The van der Waals surface area contributed by atoms with E-state index in [2.05, 4.69) is 0 Å². The van der Waals surface area contributed by atoms with Gasteiger partial charge in [0.15, 0.2) is 0 Å². The highest BCUT2D eigenvalue weighted by molar-refractivity contribution is 6.30. The van der Waals surface area contributed by atoms with E-state index in [1.165, 1.54) is 0 Å². The molecule has 7 heteroatoms. The minimum absolute atomic E-state index is 0.171. The summed E-state index contributed by atoms with van der Waals surface area (Å²) >= 11 is 5.99. The first-order chi connectivity index (χ1) is 16.0. The van der Waals surface area contributed by atoms with Crippen LogP contribution < -0.4 is 10.3 Å². The number of para-hydroxylation sites is 3. The van der Waals surface area contributed by atoms with Crippen LogP contribution in [0.15, 0.2) is 77.6 Å². The summed E-state index contributed by atoms with van der Waals surface area (Å²) in [7, 11) is 1.56. The van der Waals surface area contributed by atoms with E-state index in [4.69, 9.17) is 21.3 Å². The molecule has 0 saturated heterocycles. The zero-order chi connectivity index (χ0) is 23.5. The molecule has 0 bridgehead atoms. The number of rotatable bonds is 6. The fourth-order valence-corrected chi connectivity index (χ4v) is 4.09. The van der Waals surface area contributed by atoms with E-state index in [1.807, 2.05) is 44.2 Å². The topological polar surface area (TPSA) is 64.4 Å². The van der Waals surface area contributed by atoms with Gasteiger partial charge in [-0.1, -0.05) is 35.9 Å². The van der Waals surface area contributed by atoms with Gasteiger partial charge < -0.3 is 9.64 Å². The van der Waals surface area contributed by atoms with Gasteiger partial charge in [-0.25, -0.2) is 4.98 Å². The number of fused-ring (bicyclic) bond motifs is 1. The summed E-state index contributed by atoms with van der Waals surface area (Å²) in [5.74, 6) is 0.820. The molecule has 3 aromatic carbocycles. The van der Waals surface area contributed by atoms with E-state index in [9.17, 15) is 9.59 Å². The Kier molecular flexibility index (Phi) is 6.47. The van der Waals surface area contributed by atoms with E-state index in [1.54, 1.807) is 59.0 Å². The molecule has 0 aliphatic carbocycles. The summed E-state index contributed by atoms with van der Waals surface area (Å²) < 4.78 is 7.08. The maximum atomic E-state index is 13.7. The van der Waals surface area contributed by atoms with Gasteiger partial charge >= 0.3 is 0 Å². The van der Waals surface area contributed by atoms with Crippen LogP contribution in [0.2, 0.25) is 5.02 Å². The number of hydrogen-bond donors (Lipinski definition) is 0. The van der Waals surface area contributed by atoms with Gasteiger partial charge in [0.05, 0.1) is 29.7 Å². The van der Waals surface area contributed by atoms with Crippen LogP contribution in [0.25, 0.3) is 16.6 Å². The normalized spacial score (nSPS) is 11.9. The second kappa shape index (κ2) is 9.46. The van der Waals surface area contributed by atoms with E-state index in [0.29, 0.717) is 45.3 Å². The lowest BCUT2D eigenvalue weighted by atomic mass is 10.1. The third-order valence-corrected chi connectivity index (χ3v) is 5.91. The lowest BCUT2D eigenvalue weighted by molar-refractivity contribution is 0.0693. The molecule has 0 N–H and O–H groups in total. The predicted molar refractivity (Wildman–Crippen MR) is 130 cm³/mol. The predicted octanol–water partition coefficient (Wildman–Crippen LogP) is 5.27. The van der Waals surface area contributed by atoms with E-state index in [-0.39, 0.29) is 11.5 Å². The van der Waals surface area contributed by atoms with Gasteiger partial charge in [0.1, 0.15) is 11.6 Å². The number of ether oxygens (including phenoxy) is 1. The number of aromatic nitrogens is 2. The first-order valence-electron chi connectivity index (χ1n) is 10.7. The molecule has 0 aliphatic heterocycles. The second-order valence-electron chi connectivity index (χ2n) is 7.57. The fraction of sp³-hybridized carbons (Fsp3) is 0.192. The Morgan fingerprint density at radius 1 is 1.06 bits per heavy atom. The minimum Gasteiger partial charge on any atom is -0.495 e. The molecule has 168 valence electrons. The molecule has 1 amide bonds. The van der Waals surface area contributed by atoms with Crippen molar-refractivity contribution < 1.29 is 9.53 Å². The highest BCUT2D eigenvalue weighted by atomic mass is 35.5. The Hall–Kier alpha value is -3.64. The van der Waals surface area contributed by atoms with Crippen molar-refractivity contribution in [1.29, 1.82) is 0 Å². The lowest BCUT2D eigenvalue weighted by Crippen LogP contribution is -2.37. The molecule has 6 nitrogen and oxygen atoms in total. The summed E-state index contributed by atoms with van der Waals surface area (Å²) in [5, 5.41) is 1.05. The number of benzene rings is 3. The SMILES string of the molecule is CCN(C(=O)c1ccc(Cl)cc1)C(C)c1nc2ccccc2c(=O)n1-c1ccccc1OC. The molecule has 1 aromatic heterocycles. The summed E-state index contributed by atoms with van der Waals surface area (Å²) in [6.45, 7) is 4.20. The highest BCUT2D eigenvalue weighted by Gasteiger charge is 2.27. The quantitative estimate of drug-likeness (QED) is 0.392. The van der Waals surface area contributed by atoms with Crippen LogP contribution in [-0.4, -0.2) is 34.0 Å². The Morgan fingerprint density at radius 3 is 2.42 bits per heavy atom. The minimum atomic E-state index is -0.500. The van der Waals surface area contributed by atoms with Gasteiger partial charge in [-0.3, -0.25) is 14.2 Å². The van der Waals surface area contributed by atoms with Crippen LogP contribution in [-0.2, 0) is 0 Å². The molecule has 0 aliphatic rings. The van der Waals surface area contributed by atoms with E-state index >= 15 is 0 Å². The van der Waals surface area contributed by atoms with Crippen molar-refractivity contribution in [2.75, 3.05) is 13.7 Å². The van der Waals surface area contributed by atoms with Crippen molar-refractivity contribution in [1.82, 2.24) is 14.5 Å². The van der Waals surface area contributed by atoms with Crippen molar-refractivity contribution in [2.24, 2.45) is 0 Å². The molecular weight excluding hydrogens is 438 g/mol. The monoisotopic (exact) mass is 461 g/mol. The number of halogens is 1. The molecule has 0 radical (unpaired) electrons. The highest BCUT2D eigenvalue weighted by Crippen LogP contribution is 2.28. The first kappa shape index (κ1) is 22.6. The molecular formula is C26H24ClN3O3. The van der Waals surface area contributed by atoms with Crippen LogP contribution in [0.5, 0.6) is 5.75 Å². The first-order valence-corrected chi connectivity index (χ1v) is 11.1. The summed E-state index contributed by atoms with van der Waals surface area (Å²) in [5.41, 5.74) is 1.44. The lowest BCUT2D eigenvalue weighted by Gasteiger charge is -2.30. The van der Waals surface area contributed by atoms with Crippen LogP contribution in [0.4, 0.5) is 0 Å². The molecule has 4 rings (SSSR count). The van der Waals surface area contributed by atoms with Gasteiger partial charge in [0.2, 0.25) is 0 Å². The molecule has 33 heavy (non-hydrogen) atoms. The zero-order valence-corrected chi connectivity index (χ0v) is 19.4. The van der Waals surface area contributed by atoms with Crippen LogP contribution >= 0.6 is 11.6 Å². The number of nitrogens with zero attached hydrogens (tertiary/aromatic N) is 3. The standard InChI is InChI=1S/C26H24ClN3O3/c1-4-29(25(31)18-13-15-19(27)16-14-18)17(2)24-28-21-10-6-5-9-20(21)26(32)30(24)22-11-7-8-12-23(22)33-3/h5-17H,4H2,1-3H3. The Labute approximate surface area is 197 Å². The van der Waals surface area contributed by atoms with Gasteiger partial charge in [-0.15, -0.1) is 0 Å². The maximum Gasteiger partial charge on any atom is 0.266 e. The molecule has 1 unspecified atom stereocenters. The van der Waals surface area contributed by atoms with E-state index in [0.717, 1.165) is 0 Å². The molecule has 4 aromatic rings. The average Bonchev–Trinajstić information content (AvgIpc) is 2.84. The summed E-state index contributed by atoms with van der Waals surface area (Å²) in [4.78, 5) is 33.5. The second-order valence-corrected chi connectivity index (χ2v) is 8.01. The Bertz CT molecular complexity index is 1370. The zero-order valence-electron chi connectivity index (χ0n) is 18.7. The molecule has 1 heterocycles. The maximum absolute atomic E-state index is 13.7.